The van der Waals surface area contributed by atoms with Gasteiger partial charge in [-0.15, -0.1) is 11.8 Å². The summed E-state index contributed by atoms with van der Waals surface area (Å²) >= 11 is 0. The molecule has 0 aromatic heterocycles. The summed E-state index contributed by atoms with van der Waals surface area (Å²) in [6.07, 6.45) is 3.55. The Morgan fingerprint density at radius 2 is 2.25 bits per heavy atom. The van der Waals surface area contributed by atoms with Crippen molar-refractivity contribution in [2.24, 2.45) is 5.92 Å². The highest BCUT2D eigenvalue weighted by Crippen LogP contribution is 2.16. The van der Waals surface area contributed by atoms with E-state index in [2.05, 4.69) is 35.9 Å². The summed E-state index contributed by atoms with van der Waals surface area (Å²) < 4.78 is 0. The Labute approximate surface area is 101 Å². The van der Waals surface area contributed by atoms with Gasteiger partial charge in [0, 0.05) is 25.6 Å². The molecule has 0 aliphatic carbocycles. The van der Waals surface area contributed by atoms with Crippen LogP contribution in [0.5, 0.6) is 0 Å². The molecular weight excluding hydrogens is 196 g/mol. The first kappa shape index (κ1) is 13.5. The highest BCUT2D eigenvalue weighted by molar-refractivity contribution is 4.96. The molecule has 0 bridgehead atoms. The number of hydrogen-bond acceptors (Lipinski definition) is 2. The van der Waals surface area contributed by atoms with Gasteiger partial charge in [0.05, 0.1) is 0 Å². The van der Waals surface area contributed by atoms with Crippen LogP contribution in [0.15, 0.2) is 0 Å². The van der Waals surface area contributed by atoms with E-state index in [1.54, 1.807) is 0 Å². The Bertz CT molecular complexity index is 239. The van der Waals surface area contributed by atoms with Gasteiger partial charge in [-0.3, -0.25) is 0 Å². The zero-order valence-electron chi connectivity index (χ0n) is 11.1. The fourth-order valence-electron chi connectivity index (χ4n) is 2.41. The third-order valence-corrected chi connectivity index (χ3v) is 3.38. The Morgan fingerprint density at radius 1 is 1.44 bits per heavy atom. The number of likely N-dealkylation sites (tertiary alicyclic amines) is 1. The lowest BCUT2D eigenvalue weighted by Gasteiger charge is -2.37. The topological polar surface area (TPSA) is 15.3 Å². The van der Waals surface area contributed by atoms with Gasteiger partial charge < -0.3 is 10.2 Å². The highest BCUT2D eigenvalue weighted by atomic mass is 15.1. The van der Waals surface area contributed by atoms with Crippen LogP contribution >= 0.6 is 0 Å². The Kier molecular flexibility index (Phi) is 6.52. The first-order valence-electron chi connectivity index (χ1n) is 6.63. The lowest BCUT2D eigenvalue weighted by molar-refractivity contribution is 0.150. The first-order chi connectivity index (χ1) is 7.77. The molecule has 1 aliphatic heterocycles. The average molecular weight is 222 g/mol. The molecule has 16 heavy (non-hydrogen) atoms. The quantitative estimate of drug-likeness (QED) is 0.717. The van der Waals surface area contributed by atoms with E-state index in [9.17, 15) is 0 Å². The Hall–Kier alpha value is -0.520. The van der Waals surface area contributed by atoms with Gasteiger partial charge in [-0.05, 0) is 38.8 Å². The molecule has 0 saturated carbocycles. The van der Waals surface area contributed by atoms with Crippen molar-refractivity contribution in [2.45, 2.75) is 46.1 Å². The fraction of sp³-hybridized carbons (Fsp3) is 0.857. The summed E-state index contributed by atoms with van der Waals surface area (Å²) in [7, 11) is 0. The minimum atomic E-state index is 0.730. The largest absolute Gasteiger partial charge is 0.314 e. The number of hydrogen-bond donors (Lipinski definition) is 1. The van der Waals surface area contributed by atoms with Crippen molar-refractivity contribution in [3.05, 3.63) is 0 Å². The summed E-state index contributed by atoms with van der Waals surface area (Å²) in [5.41, 5.74) is 0. The normalized spacial score (nSPS) is 26.2. The number of piperidine rings is 1. The van der Waals surface area contributed by atoms with E-state index in [1.165, 1.54) is 25.9 Å². The second kappa shape index (κ2) is 7.70. The van der Waals surface area contributed by atoms with Gasteiger partial charge in [0.25, 0.3) is 0 Å². The van der Waals surface area contributed by atoms with Crippen molar-refractivity contribution >= 4 is 0 Å². The van der Waals surface area contributed by atoms with Crippen molar-refractivity contribution in [3.63, 3.8) is 0 Å². The smallest absolute Gasteiger partial charge is 0.0216 e. The molecule has 2 nitrogen and oxygen atoms in total. The Morgan fingerprint density at radius 3 is 2.88 bits per heavy atom. The van der Waals surface area contributed by atoms with Crippen LogP contribution in [0.2, 0.25) is 0 Å². The van der Waals surface area contributed by atoms with Gasteiger partial charge in [-0.1, -0.05) is 13.8 Å². The van der Waals surface area contributed by atoms with E-state index in [4.69, 9.17) is 0 Å². The summed E-state index contributed by atoms with van der Waals surface area (Å²) in [5.74, 6) is 6.89. The molecule has 0 radical (unpaired) electrons. The van der Waals surface area contributed by atoms with E-state index in [0.29, 0.717) is 0 Å². The summed E-state index contributed by atoms with van der Waals surface area (Å²) in [5, 5.41) is 3.65. The van der Waals surface area contributed by atoms with E-state index >= 15 is 0 Å². The lowest BCUT2D eigenvalue weighted by Crippen LogP contribution is -2.48. The third-order valence-electron chi connectivity index (χ3n) is 3.38. The molecule has 1 heterocycles. The van der Waals surface area contributed by atoms with Gasteiger partial charge in [0.15, 0.2) is 0 Å². The maximum atomic E-state index is 3.65. The lowest BCUT2D eigenvalue weighted by atomic mass is 9.93. The second-order valence-corrected chi connectivity index (χ2v) is 4.80. The fourth-order valence-corrected chi connectivity index (χ4v) is 2.41. The van der Waals surface area contributed by atoms with Crippen molar-refractivity contribution in [2.75, 3.05) is 26.2 Å². The van der Waals surface area contributed by atoms with Crippen LogP contribution in [-0.4, -0.2) is 37.1 Å². The monoisotopic (exact) mass is 222 g/mol. The zero-order valence-corrected chi connectivity index (χ0v) is 11.1. The van der Waals surface area contributed by atoms with E-state index in [1.807, 2.05) is 6.92 Å². The second-order valence-electron chi connectivity index (χ2n) is 4.80. The molecule has 2 heteroatoms. The van der Waals surface area contributed by atoms with Gasteiger partial charge in [-0.2, -0.15) is 0 Å². The van der Waals surface area contributed by atoms with Crippen LogP contribution in [0.4, 0.5) is 0 Å². The van der Waals surface area contributed by atoms with Gasteiger partial charge >= 0.3 is 0 Å². The standard InChI is InChI=1S/C14H26N2/c1-4-6-7-10-16-11-8-14(13(3)12-16)15-9-5-2/h13-15H,5,7-12H2,1-3H3. The predicted octanol–water partition coefficient (Wildman–Crippen LogP) is 2.11. The molecule has 1 N–H and O–H groups in total. The predicted molar refractivity (Wildman–Crippen MR) is 70.4 cm³/mol. The molecule has 1 rings (SSSR count). The van der Waals surface area contributed by atoms with Crippen LogP contribution in [-0.2, 0) is 0 Å². The molecule has 2 unspecified atom stereocenters. The van der Waals surface area contributed by atoms with Crippen LogP contribution in [0, 0.1) is 17.8 Å². The number of nitrogens with one attached hydrogen (secondary N) is 1. The zero-order chi connectivity index (χ0) is 11.8. The van der Waals surface area contributed by atoms with Crippen LogP contribution < -0.4 is 5.32 Å². The SMILES string of the molecule is CC#CCCN1CCC(NCCC)C(C)C1. The van der Waals surface area contributed by atoms with Crippen molar-refractivity contribution in [3.8, 4) is 11.8 Å². The van der Waals surface area contributed by atoms with E-state index in [-0.39, 0.29) is 0 Å². The highest BCUT2D eigenvalue weighted by Gasteiger charge is 2.24. The van der Waals surface area contributed by atoms with Gasteiger partial charge in [0.2, 0.25) is 0 Å². The van der Waals surface area contributed by atoms with E-state index < -0.39 is 0 Å². The maximum Gasteiger partial charge on any atom is 0.0216 e. The summed E-state index contributed by atoms with van der Waals surface area (Å²) in [6.45, 7) is 11.3. The van der Waals surface area contributed by atoms with E-state index in [0.717, 1.165) is 31.5 Å². The van der Waals surface area contributed by atoms with Gasteiger partial charge in [0.1, 0.15) is 0 Å². The third kappa shape index (κ3) is 4.55. The molecular formula is C14H26N2. The molecule has 0 amide bonds. The van der Waals surface area contributed by atoms with Crippen molar-refractivity contribution in [1.29, 1.82) is 0 Å². The molecule has 0 aromatic carbocycles. The molecule has 0 spiro atoms. The van der Waals surface area contributed by atoms with Gasteiger partial charge in [-0.25, -0.2) is 0 Å². The Balaban J connectivity index is 2.24. The minimum Gasteiger partial charge on any atom is -0.314 e. The number of nitrogens with zero attached hydrogens (tertiary/aromatic N) is 1. The maximum absolute atomic E-state index is 3.65. The molecule has 1 fully saturated rings. The average Bonchev–Trinajstić information content (AvgIpc) is 2.28. The molecule has 2 atom stereocenters. The molecule has 1 aliphatic rings. The molecule has 0 aromatic rings. The van der Waals surface area contributed by atoms with Crippen LogP contribution in [0.3, 0.4) is 0 Å². The number of rotatable bonds is 5. The van der Waals surface area contributed by atoms with Crippen LogP contribution in [0.1, 0.15) is 40.0 Å². The van der Waals surface area contributed by atoms with Crippen LogP contribution in [0.25, 0.3) is 0 Å². The minimum absolute atomic E-state index is 0.730. The molecule has 92 valence electrons. The summed E-state index contributed by atoms with van der Waals surface area (Å²) in [4.78, 5) is 2.55. The molecule has 1 saturated heterocycles. The first-order valence-corrected chi connectivity index (χ1v) is 6.63. The van der Waals surface area contributed by atoms with Crippen molar-refractivity contribution in [1.82, 2.24) is 10.2 Å². The van der Waals surface area contributed by atoms with Crippen molar-refractivity contribution < 1.29 is 0 Å². The summed E-state index contributed by atoms with van der Waals surface area (Å²) in [6, 6.07) is 0.730.